The molecule has 6 nitrogen and oxygen atoms in total. The molecule has 1 unspecified atom stereocenters. The van der Waals surface area contributed by atoms with Crippen molar-refractivity contribution in [2.75, 3.05) is 17.8 Å². The number of anilines is 1. The van der Waals surface area contributed by atoms with Crippen molar-refractivity contribution in [1.82, 2.24) is 10.6 Å². The summed E-state index contributed by atoms with van der Waals surface area (Å²) < 4.78 is 40.6. The Morgan fingerprint density at radius 2 is 1.93 bits per heavy atom. The van der Waals surface area contributed by atoms with Gasteiger partial charge in [0.2, 0.25) is 0 Å². The van der Waals surface area contributed by atoms with Crippen molar-refractivity contribution in [2.24, 2.45) is 0 Å². The van der Waals surface area contributed by atoms with Gasteiger partial charge in [-0.3, -0.25) is 9.52 Å². The van der Waals surface area contributed by atoms with Crippen LogP contribution in [0.15, 0.2) is 47.4 Å². The molecule has 1 aliphatic heterocycles. The molecule has 1 fully saturated rings. The Hall–Kier alpha value is -2.16. The fourth-order valence-electron chi connectivity index (χ4n) is 3.06. The van der Waals surface area contributed by atoms with Crippen molar-refractivity contribution in [1.29, 1.82) is 0 Å². The van der Waals surface area contributed by atoms with Crippen LogP contribution in [0.4, 0.5) is 10.1 Å². The van der Waals surface area contributed by atoms with E-state index in [4.69, 9.17) is 0 Å². The third-order valence-corrected chi connectivity index (χ3v) is 6.04. The highest BCUT2D eigenvalue weighted by Gasteiger charge is 2.18. The van der Waals surface area contributed by atoms with Crippen LogP contribution in [-0.2, 0) is 10.0 Å². The van der Waals surface area contributed by atoms with Crippen LogP contribution in [0.3, 0.4) is 0 Å². The monoisotopic (exact) mass is 427 g/mol. The summed E-state index contributed by atoms with van der Waals surface area (Å²) in [6, 6.07) is 9.98. The van der Waals surface area contributed by atoms with E-state index in [0.29, 0.717) is 29.4 Å². The highest BCUT2D eigenvalue weighted by molar-refractivity contribution is 7.92. The fourth-order valence-corrected chi connectivity index (χ4v) is 4.35. The van der Waals surface area contributed by atoms with Crippen molar-refractivity contribution in [3.8, 4) is 0 Å². The maximum Gasteiger partial charge on any atom is 0.262 e. The third kappa shape index (κ3) is 5.43. The topological polar surface area (TPSA) is 87.3 Å². The molecule has 0 saturated carbocycles. The van der Waals surface area contributed by atoms with E-state index >= 15 is 0 Å². The van der Waals surface area contributed by atoms with Crippen molar-refractivity contribution in [3.05, 3.63) is 59.4 Å². The lowest BCUT2D eigenvalue weighted by Crippen LogP contribution is -2.37. The van der Waals surface area contributed by atoms with Crippen LogP contribution >= 0.6 is 12.4 Å². The molecule has 0 spiro atoms. The maximum atomic E-state index is 13.2. The van der Waals surface area contributed by atoms with Gasteiger partial charge < -0.3 is 10.6 Å². The lowest BCUT2D eigenvalue weighted by Gasteiger charge is -2.12. The summed E-state index contributed by atoms with van der Waals surface area (Å²) in [5.41, 5.74) is 1.10. The molecule has 1 amide bonds. The van der Waals surface area contributed by atoms with E-state index in [9.17, 15) is 17.6 Å². The molecule has 0 aromatic heterocycles. The molecule has 152 valence electrons. The summed E-state index contributed by atoms with van der Waals surface area (Å²) in [4.78, 5) is 12.2. The molecule has 2 aromatic rings. The van der Waals surface area contributed by atoms with Gasteiger partial charge in [0.25, 0.3) is 15.9 Å². The van der Waals surface area contributed by atoms with Gasteiger partial charge in [0.05, 0.1) is 4.90 Å². The molecule has 28 heavy (non-hydrogen) atoms. The lowest BCUT2D eigenvalue weighted by molar-refractivity contribution is 0.0950. The average Bonchev–Trinajstić information content (AvgIpc) is 3.13. The number of aryl methyl sites for hydroxylation is 1. The highest BCUT2D eigenvalue weighted by atomic mass is 35.5. The van der Waals surface area contributed by atoms with E-state index in [0.717, 1.165) is 25.5 Å². The molecule has 1 heterocycles. The van der Waals surface area contributed by atoms with Gasteiger partial charge in [-0.25, -0.2) is 12.8 Å². The predicted octanol–water partition coefficient (Wildman–Crippen LogP) is 2.84. The van der Waals surface area contributed by atoms with Crippen LogP contribution in [0.2, 0.25) is 0 Å². The maximum absolute atomic E-state index is 13.2. The zero-order valence-electron chi connectivity index (χ0n) is 15.4. The van der Waals surface area contributed by atoms with Gasteiger partial charge in [-0.15, -0.1) is 12.4 Å². The second-order valence-corrected chi connectivity index (χ2v) is 8.25. The van der Waals surface area contributed by atoms with Crippen LogP contribution in [0.5, 0.6) is 0 Å². The second kappa shape index (κ2) is 9.36. The Bertz CT molecular complexity index is 930. The zero-order valence-corrected chi connectivity index (χ0v) is 17.0. The Morgan fingerprint density at radius 3 is 2.54 bits per heavy atom. The quantitative estimate of drug-likeness (QED) is 0.661. The number of nitrogens with one attached hydrogen (secondary N) is 3. The summed E-state index contributed by atoms with van der Waals surface area (Å²) in [5.74, 6) is -0.692. The molecule has 0 bridgehead atoms. The largest absolute Gasteiger partial charge is 0.350 e. The summed E-state index contributed by atoms with van der Waals surface area (Å²) in [7, 11) is -3.84. The number of sulfonamides is 1. The van der Waals surface area contributed by atoms with Gasteiger partial charge >= 0.3 is 0 Å². The van der Waals surface area contributed by atoms with E-state index < -0.39 is 15.8 Å². The minimum Gasteiger partial charge on any atom is -0.350 e. The van der Waals surface area contributed by atoms with Crippen LogP contribution < -0.4 is 15.4 Å². The third-order valence-electron chi connectivity index (χ3n) is 4.50. The number of amides is 1. The Morgan fingerprint density at radius 1 is 1.21 bits per heavy atom. The van der Waals surface area contributed by atoms with Gasteiger partial charge in [0.1, 0.15) is 5.82 Å². The number of hydrogen-bond acceptors (Lipinski definition) is 4. The van der Waals surface area contributed by atoms with Gasteiger partial charge in [-0.2, -0.15) is 0 Å². The molecule has 1 atom stereocenters. The summed E-state index contributed by atoms with van der Waals surface area (Å²) >= 11 is 0. The van der Waals surface area contributed by atoms with Crippen LogP contribution in [0.25, 0.3) is 0 Å². The van der Waals surface area contributed by atoms with E-state index in [1.807, 2.05) is 0 Å². The predicted molar refractivity (Wildman–Crippen MR) is 109 cm³/mol. The first-order chi connectivity index (χ1) is 12.8. The van der Waals surface area contributed by atoms with Crippen molar-refractivity contribution in [3.63, 3.8) is 0 Å². The first-order valence-electron chi connectivity index (χ1n) is 8.76. The Kier molecular flexibility index (Phi) is 7.40. The number of halogens is 2. The van der Waals surface area contributed by atoms with E-state index in [-0.39, 0.29) is 23.2 Å². The van der Waals surface area contributed by atoms with Crippen LogP contribution in [0, 0.1) is 12.7 Å². The van der Waals surface area contributed by atoms with Crippen molar-refractivity contribution >= 4 is 34.0 Å². The molecule has 3 N–H and O–H groups in total. The molecule has 3 rings (SSSR count). The zero-order chi connectivity index (χ0) is 19.4. The van der Waals surface area contributed by atoms with E-state index in [2.05, 4.69) is 15.4 Å². The minimum absolute atomic E-state index is 0. The Labute approximate surface area is 170 Å². The normalized spacial score (nSPS) is 16.3. The molecule has 1 saturated heterocycles. The SMILES string of the molecule is Cc1cc(F)ccc1S(=O)(=O)Nc1ccc(C(=O)NCC2CCCN2)cc1.Cl. The van der Waals surface area contributed by atoms with Gasteiger partial charge in [0.15, 0.2) is 0 Å². The number of hydrogen-bond donors (Lipinski definition) is 3. The minimum atomic E-state index is -3.84. The number of rotatable bonds is 6. The van der Waals surface area contributed by atoms with Crippen LogP contribution in [-0.4, -0.2) is 33.5 Å². The molecule has 0 radical (unpaired) electrons. The molecule has 1 aliphatic rings. The average molecular weight is 428 g/mol. The summed E-state index contributed by atoms with van der Waals surface area (Å²) in [6.45, 7) is 3.07. The Balaban J connectivity index is 0.00000280. The van der Waals surface area contributed by atoms with E-state index in [1.54, 1.807) is 12.1 Å². The highest BCUT2D eigenvalue weighted by Crippen LogP contribution is 2.20. The molecule has 0 aliphatic carbocycles. The number of benzene rings is 2. The molecular formula is C19H23ClFN3O3S. The summed E-state index contributed by atoms with van der Waals surface area (Å²) in [6.07, 6.45) is 2.16. The summed E-state index contributed by atoms with van der Waals surface area (Å²) in [5, 5.41) is 6.18. The lowest BCUT2D eigenvalue weighted by atomic mass is 10.2. The number of carbonyl (C=O) groups excluding carboxylic acids is 1. The standard InChI is InChI=1S/C19H22FN3O3S.ClH/c1-13-11-15(20)6-9-18(13)27(25,26)23-16-7-4-14(5-8-16)19(24)22-12-17-3-2-10-21-17;/h4-9,11,17,21,23H,2-3,10,12H2,1H3,(H,22,24);1H. The molecular weight excluding hydrogens is 405 g/mol. The van der Waals surface area contributed by atoms with E-state index in [1.165, 1.54) is 31.2 Å². The number of carbonyl (C=O) groups is 1. The molecule has 2 aromatic carbocycles. The van der Waals surface area contributed by atoms with Crippen molar-refractivity contribution in [2.45, 2.75) is 30.7 Å². The van der Waals surface area contributed by atoms with Crippen LogP contribution in [0.1, 0.15) is 28.8 Å². The van der Waals surface area contributed by atoms with Crippen molar-refractivity contribution < 1.29 is 17.6 Å². The smallest absolute Gasteiger partial charge is 0.262 e. The first kappa shape index (κ1) is 22.1. The second-order valence-electron chi connectivity index (χ2n) is 6.60. The first-order valence-corrected chi connectivity index (χ1v) is 10.2. The van der Waals surface area contributed by atoms with Gasteiger partial charge in [-0.1, -0.05) is 0 Å². The van der Waals surface area contributed by atoms with Gasteiger partial charge in [0, 0.05) is 23.8 Å². The fraction of sp³-hybridized carbons (Fsp3) is 0.316. The van der Waals surface area contributed by atoms with Gasteiger partial charge in [-0.05, 0) is 74.3 Å². The molecule has 9 heteroatoms.